The predicted molar refractivity (Wildman–Crippen MR) is 72.2 cm³/mol. The molecule has 0 aliphatic carbocycles. The first-order valence-electron chi connectivity index (χ1n) is 6.71. The molecule has 0 radical (unpaired) electrons. The summed E-state index contributed by atoms with van der Waals surface area (Å²) in [5.41, 5.74) is -1.49. The molecule has 2 N–H and O–H groups in total. The van der Waals surface area contributed by atoms with Gasteiger partial charge in [-0.25, -0.2) is 17.5 Å². The lowest BCUT2D eigenvalue weighted by molar-refractivity contribution is -0.140. The first-order valence-corrected chi connectivity index (χ1v) is 8.19. The third kappa shape index (κ3) is 3.76. The fraction of sp³-hybridized carbons (Fsp3) is 0.538. The van der Waals surface area contributed by atoms with Crippen molar-refractivity contribution >= 4 is 10.0 Å². The minimum Gasteiger partial charge on any atom is -0.315 e. The Morgan fingerprint density at radius 1 is 1.32 bits per heavy atom. The summed E-state index contributed by atoms with van der Waals surface area (Å²) < 4.78 is 77.7. The molecule has 4 nitrogen and oxygen atoms in total. The molecule has 22 heavy (non-hydrogen) atoms. The van der Waals surface area contributed by atoms with E-state index in [4.69, 9.17) is 0 Å². The molecule has 1 aromatic rings. The van der Waals surface area contributed by atoms with Gasteiger partial charge in [0, 0.05) is 12.6 Å². The number of halogens is 4. The highest BCUT2D eigenvalue weighted by Gasteiger charge is 2.35. The van der Waals surface area contributed by atoms with Gasteiger partial charge in [0.2, 0.25) is 10.0 Å². The van der Waals surface area contributed by atoms with Crippen LogP contribution in [0.3, 0.4) is 0 Å². The Bertz CT molecular complexity index is 646. The first-order chi connectivity index (χ1) is 10.1. The molecule has 1 saturated heterocycles. The lowest BCUT2D eigenvalue weighted by Gasteiger charge is -2.30. The monoisotopic (exact) mass is 340 g/mol. The zero-order valence-electron chi connectivity index (χ0n) is 11.7. The maximum Gasteiger partial charge on any atom is 0.419 e. The molecule has 2 unspecified atom stereocenters. The van der Waals surface area contributed by atoms with Gasteiger partial charge in [-0.15, -0.1) is 0 Å². The van der Waals surface area contributed by atoms with Crippen molar-refractivity contribution in [2.45, 2.75) is 30.5 Å². The Morgan fingerprint density at radius 3 is 2.55 bits per heavy atom. The quantitative estimate of drug-likeness (QED) is 0.829. The maximum absolute atomic E-state index is 13.5. The second-order valence-electron chi connectivity index (χ2n) is 5.34. The molecule has 2 atom stereocenters. The molecule has 0 saturated carbocycles. The minimum atomic E-state index is -4.86. The normalized spacial score (nSPS) is 23.5. The van der Waals surface area contributed by atoms with Crippen LogP contribution in [0.5, 0.6) is 0 Å². The zero-order chi connectivity index (χ0) is 16.5. The number of benzene rings is 1. The van der Waals surface area contributed by atoms with Gasteiger partial charge in [0.25, 0.3) is 0 Å². The van der Waals surface area contributed by atoms with Crippen LogP contribution in [0.1, 0.15) is 18.9 Å². The topological polar surface area (TPSA) is 58.2 Å². The number of piperidine rings is 1. The number of alkyl halides is 3. The van der Waals surface area contributed by atoms with E-state index in [2.05, 4.69) is 10.0 Å². The number of hydrogen-bond acceptors (Lipinski definition) is 3. The van der Waals surface area contributed by atoms with Crippen LogP contribution in [0.25, 0.3) is 0 Å². The molecule has 1 aromatic carbocycles. The third-order valence-electron chi connectivity index (χ3n) is 3.69. The highest BCUT2D eigenvalue weighted by molar-refractivity contribution is 7.89. The van der Waals surface area contributed by atoms with Crippen molar-refractivity contribution in [1.82, 2.24) is 10.0 Å². The SMILES string of the molecule is CC1CCNCC1NS(=O)(=O)c1ccc(C(F)(F)F)c(F)c1. The van der Waals surface area contributed by atoms with Gasteiger partial charge in [0.1, 0.15) is 5.82 Å². The summed E-state index contributed by atoms with van der Waals surface area (Å²) in [6, 6.07) is 1.21. The van der Waals surface area contributed by atoms with Crippen LogP contribution in [0.2, 0.25) is 0 Å². The Morgan fingerprint density at radius 2 is 2.00 bits per heavy atom. The predicted octanol–water partition coefficient (Wildman–Crippen LogP) is 2.12. The van der Waals surface area contributed by atoms with E-state index in [1.54, 1.807) is 0 Å². The summed E-state index contributed by atoms with van der Waals surface area (Å²) in [5, 5.41) is 3.03. The van der Waals surface area contributed by atoms with E-state index in [0.717, 1.165) is 19.0 Å². The average Bonchev–Trinajstić information content (AvgIpc) is 2.39. The highest BCUT2D eigenvalue weighted by atomic mass is 32.2. The molecule has 1 fully saturated rings. The van der Waals surface area contributed by atoms with Gasteiger partial charge in [-0.3, -0.25) is 0 Å². The largest absolute Gasteiger partial charge is 0.419 e. The minimum absolute atomic E-state index is 0.0790. The number of rotatable bonds is 3. The van der Waals surface area contributed by atoms with Crippen LogP contribution < -0.4 is 10.0 Å². The molecule has 124 valence electrons. The second kappa shape index (κ2) is 6.13. The molecule has 2 rings (SSSR count). The molecule has 0 aromatic heterocycles. The van der Waals surface area contributed by atoms with Gasteiger partial charge in [0.15, 0.2) is 0 Å². The molecule has 1 aliphatic heterocycles. The summed E-state index contributed by atoms with van der Waals surface area (Å²) in [4.78, 5) is -0.518. The van der Waals surface area contributed by atoms with Crippen molar-refractivity contribution in [3.63, 3.8) is 0 Å². The summed E-state index contributed by atoms with van der Waals surface area (Å²) in [6.45, 7) is 3.07. The summed E-state index contributed by atoms with van der Waals surface area (Å²) >= 11 is 0. The van der Waals surface area contributed by atoms with Crippen molar-refractivity contribution in [3.05, 3.63) is 29.6 Å². The highest BCUT2D eigenvalue weighted by Crippen LogP contribution is 2.32. The van der Waals surface area contributed by atoms with E-state index in [1.807, 2.05) is 6.92 Å². The van der Waals surface area contributed by atoms with E-state index in [9.17, 15) is 26.0 Å². The van der Waals surface area contributed by atoms with E-state index in [-0.39, 0.29) is 12.0 Å². The van der Waals surface area contributed by atoms with Gasteiger partial charge in [-0.2, -0.15) is 13.2 Å². The third-order valence-corrected chi connectivity index (χ3v) is 5.18. The Kier molecular flexibility index (Phi) is 4.78. The van der Waals surface area contributed by atoms with Crippen molar-refractivity contribution < 1.29 is 26.0 Å². The lowest BCUT2D eigenvalue weighted by Crippen LogP contribution is -2.50. The fourth-order valence-electron chi connectivity index (χ4n) is 2.31. The Labute approximate surface area is 126 Å². The maximum atomic E-state index is 13.5. The average molecular weight is 340 g/mol. The Hall–Kier alpha value is -1.19. The molecular formula is C13H16F4N2O2S. The lowest BCUT2D eigenvalue weighted by atomic mass is 9.96. The zero-order valence-corrected chi connectivity index (χ0v) is 12.6. The van der Waals surface area contributed by atoms with Crippen LogP contribution in [0.4, 0.5) is 17.6 Å². The molecule has 1 heterocycles. The summed E-state index contributed by atoms with van der Waals surface area (Å²) in [6.07, 6.45) is -4.09. The molecular weight excluding hydrogens is 324 g/mol. The van der Waals surface area contributed by atoms with Crippen molar-refractivity contribution in [2.24, 2.45) is 5.92 Å². The smallest absolute Gasteiger partial charge is 0.315 e. The molecule has 1 aliphatic rings. The van der Waals surface area contributed by atoms with Crippen LogP contribution in [0, 0.1) is 11.7 Å². The van der Waals surface area contributed by atoms with E-state index < -0.39 is 32.5 Å². The van der Waals surface area contributed by atoms with Crippen LogP contribution in [-0.2, 0) is 16.2 Å². The molecule has 9 heteroatoms. The number of nitrogens with one attached hydrogen (secondary N) is 2. The molecule has 0 bridgehead atoms. The summed E-state index contributed by atoms with van der Waals surface area (Å²) in [7, 11) is -4.07. The van der Waals surface area contributed by atoms with Crippen molar-refractivity contribution in [2.75, 3.05) is 13.1 Å². The van der Waals surface area contributed by atoms with Crippen molar-refractivity contribution in [1.29, 1.82) is 0 Å². The second-order valence-corrected chi connectivity index (χ2v) is 7.05. The van der Waals surface area contributed by atoms with Crippen LogP contribution >= 0.6 is 0 Å². The first kappa shape index (κ1) is 17.2. The summed E-state index contributed by atoms with van der Waals surface area (Å²) in [5.74, 6) is -1.53. The van der Waals surface area contributed by atoms with Gasteiger partial charge in [-0.1, -0.05) is 6.92 Å². The fourth-order valence-corrected chi connectivity index (χ4v) is 3.66. The van der Waals surface area contributed by atoms with Gasteiger partial charge in [-0.05, 0) is 37.1 Å². The standard InChI is InChI=1S/C13H16F4N2O2S/c1-8-4-5-18-7-12(8)19-22(20,21)9-2-3-10(11(14)6-9)13(15,16)17/h2-3,6,8,12,18-19H,4-5,7H2,1H3. The molecule has 0 amide bonds. The van der Waals surface area contributed by atoms with E-state index in [0.29, 0.717) is 18.7 Å². The number of sulfonamides is 1. The van der Waals surface area contributed by atoms with Gasteiger partial charge >= 0.3 is 6.18 Å². The van der Waals surface area contributed by atoms with Crippen LogP contribution in [0.15, 0.2) is 23.1 Å². The number of hydrogen-bond donors (Lipinski definition) is 2. The van der Waals surface area contributed by atoms with Gasteiger partial charge < -0.3 is 5.32 Å². The van der Waals surface area contributed by atoms with Crippen molar-refractivity contribution in [3.8, 4) is 0 Å². The van der Waals surface area contributed by atoms with E-state index >= 15 is 0 Å². The van der Waals surface area contributed by atoms with E-state index in [1.165, 1.54) is 0 Å². The Balaban J connectivity index is 2.24. The molecule has 0 spiro atoms. The van der Waals surface area contributed by atoms with Gasteiger partial charge in [0.05, 0.1) is 10.5 Å². The van der Waals surface area contributed by atoms with Crippen LogP contribution in [-0.4, -0.2) is 27.5 Å².